The highest BCUT2D eigenvalue weighted by atomic mass is 14.2. The minimum Gasteiger partial charge on any atom is -0.0622 e. The zero-order valence-corrected chi connectivity index (χ0v) is 22.0. The summed E-state index contributed by atoms with van der Waals surface area (Å²) in [6.07, 6.45) is 0. The van der Waals surface area contributed by atoms with E-state index >= 15 is 0 Å². The molecule has 0 heterocycles. The Labute approximate surface area is 233 Å². The number of benzene rings is 8. The van der Waals surface area contributed by atoms with E-state index in [0.717, 1.165) is 0 Å². The summed E-state index contributed by atoms with van der Waals surface area (Å²) in [5.41, 5.74) is 7.57. The Morgan fingerprint density at radius 3 is 1.62 bits per heavy atom. The zero-order valence-electron chi connectivity index (χ0n) is 22.0. The lowest BCUT2D eigenvalue weighted by Gasteiger charge is -2.20. The molecular formula is C40H26. The highest BCUT2D eigenvalue weighted by Crippen LogP contribution is 2.46. The Bertz CT molecular complexity index is 2200. The second-order valence-corrected chi connectivity index (χ2v) is 10.5. The Morgan fingerprint density at radius 2 is 0.825 bits per heavy atom. The minimum absolute atomic E-state index is 1.24. The van der Waals surface area contributed by atoms with Gasteiger partial charge < -0.3 is 0 Å². The van der Waals surface area contributed by atoms with Crippen molar-refractivity contribution in [2.75, 3.05) is 0 Å². The third-order valence-corrected chi connectivity index (χ3v) is 8.23. The van der Waals surface area contributed by atoms with Crippen molar-refractivity contribution in [1.29, 1.82) is 0 Å². The molecule has 0 atom stereocenters. The van der Waals surface area contributed by atoms with Crippen LogP contribution >= 0.6 is 0 Å². The summed E-state index contributed by atoms with van der Waals surface area (Å²) in [7, 11) is 0. The van der Waals surface area contributed by atoms with E-state index in [1.54, 1.807) is 0 Å². The van der Waals surface area contributed by atoms with Crippen molar-refractivity contribution in [1.82, 2.24) is 0 Å². The monoisotopic (exact) mass is 506 g/mol. The van der Waals surface area contributed by atoms with Gasteiger partial charge in [0, 0.05) is 0 Å². The lowest BCUT2D eigenvalue weighted by Crippen LogP contribution is -1.92. The molecule has 0 saturated heterocycles. The summed E-state index contributed by atoms with van der Waals surface area (Å²) >= 11 is 0. The van der Waals surface area contributed by atoms with Crippen LogP contribution < -0.4 is 0 Å². The first-order chi connectivity index (χ1) is 19.9. The fourth-order valence-corrected chi connectivity index (χ4v) is 6.48. The largest absolute Gasteiger partial charge is 0.0622 e. The normalized spacial score (nSPS) is 11.5. The molecule has 0 aliphatic heterocycles. The summed E-state index contributed by atoms with van der Waals surface area (Å²) in [4.78, 5) is 0. The number of fused-ring (bicyclic) bond motifs is 5. The molecule has 40 heavy (non-hydrogen) atoms. The Morgan fingerprint density at radius 1 is 0.275 bits per heavy atom. The summed E-state index contributed by atoms with van der Waals surface area (Å²) < 4.78 is 0. The molecule has 0 aromatic heterocycles. The SMILES string of the molecule is c1ccc(-c2c3ccccc3c(-c3cccc(-c4cccc5ccccc45)c3)c3c2ccc2ccccc23)cc1. The van der Waals surface area contributed by atoms with Crippen molar-refractivity contribution >= 4 is 43.1 Å². The van der Waals surface area contributed by atoms with Crippen molar-refractivity contribution in [3.63, 3.8) is 0 Å². The van der Waals surface area contributed by atoms with Crippen LogP contribution in [0.4, 0.5) is 0 Å². The third kappa shape index (κ3) is 3.54. The van der Waals surface area contributed by atoms with E-state index in [1.165, 1.54) is 76.5 Å². The first kappa shape index (κ1) is 22.8. The molecule has 0 saturated carbocycles. The van der Waals surface area contributed by atoms with E-state index in [4.69, 9.17) is 0 Å². The van der Waals surface area contributed by atoms with E-state index in [2.05, 4.69) is 158 Å². The molecule has 0 aliphatic rings. The van der Waals surface area contributed by atoms with Gasteiger partial charge >= 0.3 is 0 Å². The Balaban J connectivity index is 1.52. The molecule has 8 aromatic carbocycles. The number of hydrogen-bond donors (Lipinski definition) is 0. The maximum atomic E-state index is 2.38. The molecular weight excluding hydrogens is 480 g/mol. The zero-order chi connectivity index (χ0) is 26.5. The third-order valence-electron chi connectivity index (χ3n) is 8.23. The van der Waals surface area contributed by atoms with Crippen LogP contribution in [-0.4, -0.2) is 0 Å². The van der Waals surface area contributed by atoms with Gasteiger partial charge in [-0.15, -0.1) is 0 Å². The summed E-state index contributed by atoms with van der Waals surface area (Å²) in [5.74, 6) is 0. The van der Waals surface area contributed by atoms with Crippen LogP contribution in [0.2, 0.25) is 0 Å². The second-order valence-electron chi connectivity index (χ2n) is 10.5. The maximum Gasteiger partial charge on any atom is -0.00141 e. The average Bonchev–Trinajstić information content (AvgIpc) is 3.03. The summed E-state index contributed by atoms with van der Waals surface area (Å²) in [5, 5.41) is 10.2. The molecule has 0 aliphatic carbocycles. The van der Waals surface area contributed by atoms with Gasteiger partial charge in [0.15, 0.2) is 0 Å². The predicted molar refractivity (Wildman–Crippen MR) is 173 cm³/mol. The smallest absolute Gasteiger partial charge is 0.00141 e. The second kappa shape index (κ2) is 9.22. The molecule has 0 spiro atoms. The van der Waals surface area contributed by atoms with E-state index in [-0.39, 0.29) is 0 Å². The van der Waals surface area contributed by atoms with Crippen LogP contribution in [-0.2, 0) is 0 Å². The number of hydrogen-bond acceptors (Lipinski definition) is 0. The van der Waals surface area contributed by atoms with E-state index in [9.17, 15) is 0 Å². The van der Waals surface area contributed by atoms with Crippen LogP contribution in [0, 0.1) is 0 Å². The van der Waals surface area contributed by atoms with Gasteiger partial charge in [0.2, 0.25) is 0 Å². The van der Waals surface area contributed by atoms with Gasteiger partial charge in [0.1, 0.15) is 0 Å². The standard InChI is InChI=1S/C40H26/c1-2-14-29(15-3-1)38-35-21-8-9-22-36(35)39(40-34-20-7-5-13-28(34)24-25-37(38)40)31-18-10-17-30(26-31)33-23-11-16-27-12-4-6-19-32(27)33/h1-26H. The minimum atomic E-state index is 1.24. The van der Waals surface area contributed by atoms with Crippen molar-refractivity contribution in [2.45, 2.75) is 0 Å². The summed E-state index contributed by atoms with van der Waals surface area (Å²) in [6, 6.07) is 57.5. The van der Waals surface area contributed by atoms with Crippen LogP contribution in [0.25, 0.3) is 76.5 Å². The predicted octanol–water partition coefficient (Wildman–Crippen LogP) is 11.3. The highest BCUT2D eigenvalue weighted by molar-refractivity contribution is 6.28. The molecule has 0 heteroatoms. The van der Waals surface area contributed by atoms with Crippen LogP contribution in [0.3, 0.4) is 0 Å². The van der Waals surface area contributed by atoms with Crippen LogP contribution in [0.1, 0.15) is 0 Å². The molecule has 0 amide bonds. The average molecular weight is 507 g/mol. The van der Waals surface area contributed by atoms with Gasteiger partial charge in [-0.2, -0.15) is 0 Å². The fourth-order valence-electron chi connectivity index (χ4n) is 6.48. The lowest BCUT2D eigenvalue weighted by atomic mass is 9.83. The van der Waals surface area contributed by atoms with Gasteiger partial charge in [-0.3, -0.25) is 0 Å². The van der Waals surface area contributed by atoms with Crippen molar-refractivity contribution in [3.8, 4) is 33.4 Å². The van der Waals surface area contributed by atoms with E-state index in [0.29, 0.717) is 0 Å². The Kier molecular flexibility index (Phi) is 5.24. The van der Waals surface area contributed by atoms with Crippen molar-refractivity contribution in [3.05, 3.63) is 158 Å². The van der Waals surface area contributed by atoms with Crippen molar-refractivity contribution < 1.29 is 0 Å². The molecule has 0 unspecified atom stereocenters. The maximum absolute atomic E-state index is 2.38. The first-order valence-corrected chi connectivity index (χ1v) is 13.9. The van der Waals surface area contributed by atoms with Crippen LogP contribution in [0.5, 0.6) is 0 Å². The molecule has 0 fully saturated rings. The number of rotatable bonds is 3. The van der Waals surface area contributed by atoms with Crippen molar-refractivity contribution in [2.24, 2.45) is 0 Å². The lowest BCUT2D eigenvalue weighted by molar-refractivity contribution is 1.63. The van der Waals surface area contributed by atoms with E-state index in [1.807, 2.05) is 0 Å². The summed E-state index contributed by atoms with van der Waals surface area (Å²) in [6.45, 7) is 0. The molecule has 186 valence electrons. The molecule has 0 radical (unpaired) electrons. The molecule has 0 bridgehead atoms. The van der Waals surface area contributed by atoms with Gasteiger partial charge in [-0.25, -0.2) is 0 Å². The van der Waals surface area contributed by atoms with Gasteiger partial charge in [0.05, 0.1) is 0 Å². The topological polar surface area (TPSA) is 0 Å². The molecule has 0 nitrogen and oxygen atoms in total. The highest BCUT2D eigenvalue weighted by Gasteiger charge is 2.19. The van der Waals surface area contributed by atoms with Gasteiger partial charge in [0.25, 0.3) is 0 Å². The fraction of sp³-hybridized carbons (Fsp3) is 0. The quantitative estimate of drug-likeness (QED) is 0.165. The molecule has 8 aromatic rings. The molecule has 8 rings (SSSR count). The molecule has 0 N–H and O–H groups in total. The Hall–Kier alpha value is -5.20. The van der Waals surface area contributed by atoms with Gasteiger partial charge in [-0.05, 0) is 82.5 Å². The van der Waals surface area contributed by atoms with Crippen LogP contribution in [0.15, 0.2) is 158 Å². The first-order valence-electron chi connectivity index (χ1n) is 13.9. The van der Waals surface area contributed by atoms with E-state index < -0.39 is 0 Å². The van der Waals surface area contributed by atoms with Gasteiger partial charge in [-0.1, -0.05) is 152 Å².